The molecule has 0 aliphatic rings. The van der Waals surface area contributed by atoms with Crippen molar-refractivity contribution in [1.82, 2.24) is 20.2 Å². The molecule has 1 rings (SSSR count). The Kier molecular flexibility index (Phi) is 6.35. The van der Waals surface area contributed by atoms with Gasteiger partial charge in [-0.05, 0) is 19.3 Å². The first kappa shape index (κ1) is 15.5. The van der Waals surface area contributed by atoms with Crippen molar-refractivity contribution in [3.63, 3.8) is 0 Å². The van der Waals surface area contributed by atoms with Gasteiger partial charge in [-0.1, -0.05) is 13.8 Å². The summed E-state index contributed by atoms with van der Waals surface area (Å²) < 4.78 is 2.04. The Morgan fingerprint density at radius 3 is 2.79 bits per heavy atom. The largest absolute Gasteiger partial charge is 0.393 e. The van der Waals surface area contributed by atoms with Gasteiger partial charge in [-0.15, -0.1) is 0 Å². The van der Waals surface area contributed by atoms with E-state index in [1.807, 2.05) is 10.8 Å². The smallest absolute Gasteiger partial charge is 0.315 e. The lowest BCUT2D eigenvalue weighted by Crippen LogP contribution is -2.37. The van der Waals surface area contributed by atoms with Crippen LogP contribution in [0.5, 0.6) is 0 Å². The summed E-state index contributed by atoms with van der Waals surface area (Å²) in [5.74, 6) is 1.38. The van der Waals surface area contributed by atoms with Gasteiger partial charge in [0.05, 0.1) is 12.6 Å². The maximum atomic E-state index is 11.5. The molecule has 0 bridgehead atoms. The molecule has 1 heterocycles. The molecule has 1 unspecified atom stereocenters. The van der Waals surface area contributed by atoms with Crippen LogP contribution in [0.1, 0.15) is 33.0 Å². The predicted octanol–water partition coefficient (Wildman–Crippen LogP) is 1.11. The molecule has 0 saturated heterocycles. The quantitative estimate of drug-likeness (QED) is 0.693. The highest BCUT2D eigenvalue weighted by molar-refractivity contribution is 5.73. The molecule has 6 heteroatoms. The second-order valence-corrected chi connectivity index (χ2v) is 5.14. The summed E-state index contributed by atoms with van der Waals surface area (Å²) in [5, 5.41) is 14.5. The summed E-state index contributed by atoms with van der Waals surface area (Å²) in [6, 6.07) is -0.236. The summed E-state index contributed by atoms with van der Waals surface area (Å²) in [6.45, 7) is 7.73. The number of aromatic nitrogens is 2. The summed E-state index contributed by atoms with van der Waals surface area (Å²) in [6.07, 6.45) is 3.81. The van der Waals surface area contributed by atoms with Gasteiger partial charge in [-0.25, -0.2) is 9.78 Å². The third kappa shape index (κ3) is 6.24. The van der Waals surface area contributed by atoms with E-state index < -0.39 is 6.10 Å². The number of carbonyl (C=O) groups excluding carboxylic acids is 1. The van der Waals surface area contributed by atoms with Crippen molar-refractivity contribution < 1.29 is 9.90 Å². The van der Waals surface area contributed by atoms with Crippen LogP contribution < -0.4 is 10.6 Å². The van der Waals surface area contributed by atoms with Crippen LogP contribution in [-0.4, -0.2) is 33.3 Å². The Bertz CT molecular complexity index is 388. The van der Waals surface area contributed by atoms with Crippen molar-refractivity contribution in [2.24, 2.45) is 5.92 Å². The number of aliphatic hydroxyl groups is 1. The van der Waals surface area contributed by atoms with Gasteiger partial charge >= 0.3 is 6.03 Å². The molecule has 6 nitrogen and oxygen atoms in total. The fourth-order valence-electron chi connectivity index (χ4n) is 1.68. The number of hydrogen-bond acceptors (Lipinski definition) is 3. The summed E-state index contributed by atoms with van der Waals surface area (Å²) in [7, 11) is 0. The van der Waals surface area contributed by atoms with Crippen molar-refractivity contribution in [3.8, 4) is 0 Å². The number of imidazole rings is 1. The van der Waals surface area contributed by atoms with Crippen molar-refractivity contribution in [3.05, 3.63) is 18.2 Å². The number of hydrogen-bond donors (Lipinski definition) is 3. The predicted molar refractivity (Wildman–Crippen MR) is 73.6 cm³/mol. The fraction of sp³-hybridized carbons (Fsp3) is 0.692. The lowest BCUT2D eigenvalue weighted by molar-refractivity contribution is 0.183. The monoisotopic (exact) mass is 268 g/mol. The molecule has 108 valence electrons. The van der Waals surface area contributed by atoms with Gasteiger partial charge in [0.2, 0.25) is 0 Å². The molecule has 1 aromatic heterocycles. The minimum absolute atomic E-state index is 0.236. The second-order valence-electron chi connectivity index (χ2n) is 5.14. The number of aliphatic hydroxyl groups excluding tert-OH is 1. The average molecular weight is 268 g/mol. The Labute approximate surface area is 114 Å². The lowest BCUT2D eigenvalue weighted by atomic mass is 10.2. The number of rotatable bonds is 7. The summed E-state index contributed by atoms with van der Waals surface area (Å²) in [4.78, 5) is 15.7. The fourth-order valence-corrected chi connectivity index (χ4v) is 1.68. The zero-order valence-electron chi connectivity index (χ0n) is 11.9. The third-order valence-corrected chi connectivity index (χ3v) is 2.62. The van der Waals surface area contributed by atoms with Crippen molar-refractivity contribution >= 4 is 6.03 Å². The molecule has 0 radical (unpaired) electrons. The van der Waals surface area contributed by atoms with Gasteiger partial charge in [0, 0.05) is 25.5 Å². The highest BCUT2D eigenvalue weighted by atomic mass is 16.3. The van der Waals surface area contributed by atoms with Gasteiger partial charge in [0.25, 0.3) is 0 Å². The van der Waals surface area contributed by atoms with Crippen LogP contribution in [0.25, 0.3) is 0 Å². The van der Waals surface area contributed by atoms with Crippen LogP contribution in [0.15, 0.2) is 12.4 Å². The molecule has 0 aromatic carbocycles. The topological polar surface area (TPSA) is 79.2 Å². The minimum Gasteiger partial charge on any atom is -0.393 e. The zero-order valence-corrected chi connectivity index (χ0v) is 11.9. The van der Waals surface area contributed by atoms with Crippen LogP contribution in [-0.2, 0) is 13.1 Å². The van der Waals surface area contributed by atoms with Crippen LogP contribution in [0.4, 0.5) is 4.79 Å². The number of urea groups is 1. The summed E-state index contributed by atoms with van der Waals surface area (Å²) >= 11 is 0. The second kappa shape index (κ2) is 7.78. The molecular weight excluding hydrogens is 244 g/mol. The number of amides is 2. The minimum atomic E-state index is -0.398. The molecule has 3 N–H and O–H groups in total. The van der Waals surface area contributed by atoms with Crippen LogP contribution in [0.3, 0.4) is 0 Å². The molecule has 1 aromatic rings. The van der Waals surface area contributed by atoms with Gasteiger partial charge < -0.3 is 20.3 Å². The van der Waals surface area contributed by atoms with E-state index in [-0.39, 0.29) is 6.03 Å². The summed E-state index contributed by atoms with van der Waals surface area (Å²) in [5.41, 5.74) is 0. The van der Waals surface area contributed by atoms with E-state index in [0.717, 1.165) is 12.4 Å². The number of nitrogens with one attached hydrogen (secondary N) is 2. The molecule has 1 atom stereocenters. The van der Waals surface area contributed by atoms with Crippen molar-refractivity contribution in [2.45, 2.75) is 46.4 Å². The Balaban J connectivity index is 2.32. The van der Waals surface area contributed by atoms with E-state index >= 15 is 0 Å². The van der Waals surface area contributed by atoms with E-state index in [0.29, 0.717) is 25.4 Å². The van der Waals surface area contributed by atoms with E-state index in [1.165, 1.54) is 0 Å². The number of nitrogens with zero attached hydrogens (tertiary/aromatic N) is 2. The maximum Gasteiger partial charge on any atom is 0.315 e. The SMILES string of the molecule is CC(C)Cn1ccnc1CNC(=O)NCCC(C)O. The van der Waals surface area contributed by atoms with Gasteiger partial charge in [0.1, 0.15) is 5.82 Å². The van der Waals surface area contributed by atoms with Gasteiger partial charge in [0.15, 0.2) is 0 Å². The number of carbonyl (C=O) groups is 1. The van der Waals surface area contributed by atoms with E-state index in [2.05, 4.69) is 29.5 Å². The molecule has 0 aliphatic heterocycles. The van der Waals surface area contributed by atoms with Gasteiger partial charge in [-0.2, -0.15) is 0 Å². The highest BCUT2D eigenvalue weighted by Crippen LogP contribution is 2.03. The van der Waals surface area contributed by atoms with Gasteiger partial charge in [-0.3, -0.25) is 0 Å². The van der Waals surface area contributed by atoms with Crippen LogP contribution >= 0.6 is 0 Å². The maximum absolute atomic E-state index is 11.5. The van der Waals surface area contributed by atoms with E-state index in [9.17, 15) is 4.79 Å². The first-order chi connectivity index (χ1) is 8.99. The molecule has 0 spiro atoms. The van der Waals surface area contributed by atoms with E-state index in [1.54, 1.807) is 13.1 Å². The molecule has 2 amide bonds. The van der Waals surface area contributed by atoms with Crippen LogP contribution in [0.2, 0.25) is 0 Å². The lowest BCUT2D eigenvalue weighted by Gasteiger charge is -2.11. The molecule has 0 aliphatic carbocycles. The average Bonchev–Trinajstić information content (AvgIpc) is 2.72. The molecule has 19 heavy (non-hydrogen) atoms. The zero-order chi connectivity index (χ0) is 14.3. The molecule has 0 saturated carbocycles. The highest BCUT2D eigenvalue weighted by Gasteiger charge is 2.06. The first-order valence-corrected chi connectivity index (χ1v) is 6.68. The van der Waals surface area contributed by atoms with Crippen molar-refractivity contribution in [1.29, 1.82) is 0 Å². The molecule has 0 fully saturated rings. The Hall–Kier alpha value is -1.56. The van der Waals surface area contributed by atoms with E-state index in [4.69, 9.17) is 5.11 Å². The Morgan fingerprint density at radius 2 is 2.16 bits per heavy atom. The Morgan fingerprint density at radius 1 is 1.42 bits per heavy atom. The van der Waals surface area contributed by atoms with Crippen molar-refractivity contribution in [2.75, 3.05) is 6.54 Å². The first-order valence-electron chi connectivity index (χ1n) is 6.68. The molecular formula is C13H24N4O2. The standard InChI is InChI=1S/C13H24N4O2/c1-10(2)9-17-7-6-14-12(17)8-16-13(19)15-5-4-11(3)18/h6-7,10-11,18H,4-5,8-9H2,1-3H3,(H2,15,16,19). The normalized spacial score (nSPS) is 12.5. The van der Waals surface area contributed by atoms with Crippen LogP contribution in [0, 0.1) is 5.92 Å². The third-order valence-electron chi connectivity index (χ3n) is 2.62.